The van der Waals surface area contributed by atoms with Crippen molar-refractivity contribution >= 4 is 5.96 Å². The molecule has 0 saturated carbocycles. The first-order chi connectivity index (χ1) is 11.9. The topological polar surface area (TPSA) is 49.3 Å². The van der Waals surface area contributed by atoms with Gasteiger partial charge in [-0.25, -0.2) is 9.38 Å². The van der Waals surface area contributed by atoms with Crippen molar-refractivity contribution in [3.8, 4) is 0 Å². The van der Waals surface area contributed by atoms with Gasteiger partial charge < -0.3 is 10.6 Å². The summed E-state index contributed by atoms with van der Waals surface area (Å²) < 4.78 is 51.2. The second-order valence-corrected chi connectivity index (χ2v) is 5.18. The van der Waals surface area contributed by atoms with E-state index in [1.807, 2.05) is 6.92 Å². The fourth-order valence-electron chi connectivity index (χ4n) is 2.03. The monoisotopic (exact) mass is 354 g/mol. The molecule has 1 heterocycles. The third-order valence-electron chi connectivity index (χ3n) is 3.30. The predicted octanol–water partition coefficient (Wildman–Crippen LogP) is 3.49. The van der Waals surface area contributed by atoms with Gasteiger partial charge in [-0.05, 0) is 36.8 Å². The Labute approximate surface area is 143 Å². The molecule has 0 radical (unpaired) electrons. The quantitative estimate of drug-likeness (QED) is 0.491. The molecule has 0 aliphatic rings. The Morgan fingerprint density at radius 2 is 1.84 bits per heavy atom. The predicted molar refractivity (Wildman–Crippen MR) is 87.3 cm³/mol. The molecule has 2 rings (SSSR count). The normalized spacial score (nSPS) is 12.1. The molecule has 134 valence electrons. The minimum Gasteiger partial charge on any atom is -0.357 e. The second-order valence-electron chi connectivity index (χ2n) is 5.18. The van der Waals surface area contributed by atoms with Gasteiger partial charge in [-0.15, -0.1) is 0 Å². The molecule has 25 heavy (non-hydrogen) atoms. The van der Waals surface area contributed by atoms with E-state index in [2.05, 4.69) is 20.6 Å². The Balaban J connectivity index is 2.00. The first-order valence-corrected chi connectivity index (χ1v) is 7.68. The second kappa shape index (κ2) is 8.46. The number of pyridine rings is 1. The van der Waals surface area contributed by atoms with Crippen molar-refractivity contribution in [3.05, 3.63) is 65.2 Å². The summed E-state index contributed by atoms with van der Waals surface area (Å²) in [6, 6.07) is 7.63. The molecule has 0 aliphatic heterocycles. The molecule has 8 heteroatoms. The summed E-state index contributed by atoms with van der Waals surface area (Å²) in [6.07, 6.45) is -2.86. The van der Waals surface area contributed by atoms with Gasteiger partial charge in [0.05, 0.1) is 24.3 Å². The van der Waals surface area contributed by atoms with E-state index in [0.29, 0.717) is 18.1 Å². The molecule has 2 N–H and O–H groups in total. The highest BCUT2D eigenvalue weighted by molar-refractivity contribution is 5.79. The van der Waals surface area contributed by atoms with Gasteiger partial charge in [-0.2, -0.15) is 13.2 Å². The van der Waals surface area contributed by atoms with E-state index in [4.69, 9.17) is 0 Å². The van der Waals surface area contributed by atoms with E-state index in [9.17, 15) is 17.6 Å². The van der Waals surface area contributed by atoms with E-state index >= 15 is 0 Å². The maximum Gasteiger partial charge on any atom is 0.416 e. The van der Waals surface area contributed by atoms with Crippen molar-refractivity contribution in [1.82, 2.24) is 15.6 Å². The van der Waals surface area contributed by atoms with Crippen LogP contribution in [0, 0.1) is 5.82 Å². The van der Waals surface area contributed by atoms with Crippen LogP contribution in [0.25, 0.3) is 0 Å². The van der Waals surface area contributed by atoms with Gasteiger partial charge in [0.1, 0.15) is 5.82 Å². The third kappa shape index (κ3) is 5.74. The van der Waals surface area contributed by atoms with E-state index in [1.165, 1.54) is 30.5 Å². The van der Waals surface area contributed by atoms with Crippen molar-refractivity contribution in [1.29, 1.82) is 0 Å². The largest absolute Gasteiger partial charge is 0.416 e. The average molecular weight is 354 g/mol. The Hall–Kier alpha value is -2.64. The van der Waals surface area contributed by atoms with Crippen LogP contribution in [0.15, 0.2) is 47.6 Å². The number of halogens is 4. The molecule has 2 aromatic rings. The van der Waals surface area contributed by atoms with Crippen LogP contribution in [0.1, 0.15) is 23.7 Å². The summed E-state index contributed by atoms with van der Waals surface area (Å²) in [5.74, 6) is 0.000962. The standard InChI is InChI=1S/C17H18F4N4/c1-2-22-16(25-11-15-14(18)4-3-9-23-15)24-10-12-5-7-13(8-6-12)17(19,20)21/h3-9H,2,10-11H2,1H3,(H2,22,24,25). The van der Waals surface area contributed by atoms with Crippen molar-refractivity contribution in [2.75, 3.05) is 6.54 Å². The molecule has 0 bridgehead atoms. The molecule has 1 aromatic heterocycles. The number of hydrogen-bond donors (Lipinski definition) is 2. The highest BCUT2D eigenvalue weighted by Crippen LogP contribution is 2.29. The van der Waals surface area contributed by atoms with Crippen molar-refractivity contribution in [2.24, 2.45) is 4.99 Å². The van der Waals surface area contributed by atoms with Gasteiger partial charge in [0.2, 0.25) is 0 Å². The lowest BCUT2D eigenvalue weighted by molar-refractivity contribution is -0.137. The first-order valence-electron chi connectivity index (χ1n) is 7.68. The summed E-state index contributed by atoms with van der Waals surface area (Å²) in [4.78, 5) is 8.22. The zero-order valence-electron chi connectivity index (χ0n) is 13.6. The van der Waals surface area contributed by atoms with Crippen LogP contribution in [0.2, 0.25) is 0 Å². The molecule has 0 aliphatic carbocycles. The van der Waals surface area contributed by atoms with Crippen LogP contribution in [0.4, 0.5) is 17.6 Å². The van der Waals surface area contributed by atoms with Crippen LogP contribution < -0.4 is 10.6 Å². The van der Waals surface area contributed by atoms with Crippen LogP contribution >= 0.6 is 0 Å². The molecular weight excluding hydrogens is 336 g/mol. The van der Waals surface area contributed by atoms with E-state index in [1.54, 1.807) is 0 Å². The van der Waals surface area contributed by atoms with Crippen molar-refractivity contribution in [3.63, 3.8) is 0 Å². The number of aliphatic imine (C=N–C) groups is 1. The summed E-state index contributed by atoms with van der Waals surface area (Å²) in [5.41, 5.74) is 0.188. The number of nitrogens with zero attached hydrogens (tertiary/aromatic N) is 2. The molecule has 0 unspecified atom stereocenters. The number of nitrogens with one attached hydrogen (secondary N) is 2. The van der Waals surface area contributed by atoms with Crippen LogP contribution in [0.3, 0.4) is 0 Å². The highest BCUT2D eigenvalue weighted by atomic mass is 19.4. The number of rotatable bonds is 5. The molecule has 0 saturated heterocycles. The molecule has 0 amide bonds. The molecule has 0 fully saturated rings. The Kier molecular flexibility index (Phi) is 6.32. The van der Waals surface area contributed by atoms with Crippen LogP contribution in [-0.2, 0) is 19.3 Å². The summed E-state index contributed by atoms with van der Waals surface area (Å²) in [6.45, 7) is 2.80. The molecular formula is C17H18F4N4. The highest BCUT2D eigenvalue weighted by Gasteiger charge is 2.29. The minimum absolute atomic E-state index is 0.144. The van der Waals surface area contributed by atoms with Crippen molar-refractivity contribution in [2.45, 2.75) is 26.2 Å². The molecule has 1 aromatic carbocycles. The lowest BCUT2D eigenvalue weighted by Gasteiger charge is -2.11. The number of alkyl halides is 3. The number of hydrogen-bond acceptors (Lipinski definition) is 2. The fraction of sp³-hybridized carbons (Fsp3) is 0.294. The van der Waals surface area contributed by atoms with E-state index in [0.717, 1.165) is 12.1 Å². The summed E-state index contributed by atoms with van der Waals surface area (Å²) in [7, 11) is 0. The number of aromatic nitrogens is 1. The smallest absolute Gasteiger partial charge is 0.357 e. The Morgan fingerprint density at radius 1 is 1.12 bits per heavy atom. The van der Waals surface area contributed by atoms with Crippen molar-refractivity contribution < 1.29 is 17.6 Å². The Morgan fingerprint density at radius 3 is 2.44 bits per heavy atom. The molecule has 0 atom stereocenters. The van der Waals surface area contributed by atoms with E-state index in [-0.39, 0.29) is 18.8 Å². The average Bonchev–Trinajstić information content (AvgIpc) is 2.58. The molecule has 0 spiro atoms. The van der Waals surface area contributed by atoms with E-state index < -0.39 is 17.6 Å². The number of benzene rings is 1. The van der Waals surface area contributed by atoms with Gasteiger partial charge in [0.25, 0.3) is 0 Å². The summed E-state index contributed by atoms with van der Waals surface area (Å²) >= 11 is 0. The summed E-state index contributed by atoms with van der Waals surface area (Å²) in [5, 5.41) is 5.93. The van der Waals surface area contributed by atoms with Gasteiger partial charge in [0.15, 0.2) is 5.96 Å². The van der Waals surface area contributed by atoms with Crippen LogP contribution in [0.5, 0.6) is 0 Å². The zero-order chi connectivity index (χ0) is 18.3. The minimum atomic E-state index is -4.36. The van der Waals surface area contributed by atoms with Gasteiger partial charge in [-0.1, -0.05) is 12.1 Å². The van der Waals surface area contributed by atoms with Gasteiger partial charge in [0, 0.05) is 12.7 Å². The maximum atomic E-state index is 13.6. The van der Waals surface area contributed by atoms with Gasteiger partial charge in [-0.3, -0.25) is 4.98 Å². The lowest BCUT2D eigenvalue weighted by Crippen LogP contribution is -2.37. The van der Waals surface area contributed by atoms with Gasteiger partial charge >= 0.3 is 6.18 Å². The Bertz CT molecular complexity index is 711. The third-order valence-corrected chi connectivity index (χ3v) is 3.30. The van der Waals surface area contributed by atoms with Crippen LogP contribution in [-0.4, -0.2) is 17.5 Å². The lowest BCUT2D eigenvalue weighted by atomic mass is 10.1. The number of guanidine groups is 1. The maximum absolute atomic E-state index is 13.6. The molecule has 4 nitrogen and oxygen atoms in total. The fourth-order valence-corrected chi connectivity index (χ4v) is 2.03. The zero-order valence-corrected chi connectivity index (χ0v) is 13.6. The SMILES string of the molecule is CCNC(=NCc1ccc(C(F)(F)F)cc1)NCc1ncccc1F. The first kappa shape index (κ1) is 18.7.